The molecule has 2 rings (SSSR count). The molecule has 2 aliphatic heterocycles. The van der Waals surface area contributed by atoms with Gasteiger partial charge in [-0.1, -0.05) is 26.7 Å². The molecule has 0 spiro atoms. The third kappa shape index (κ3) is 5.71. The first-order chi connectivity index (χ1) is 9.75. The normalized spacial score (nSPS) is 24.4. The summed E-state index contributed by atoms with van der Waals surface area (Å²) in [5.74, 6) is 0.782. The van der Waals surface area contributed by atoms with E-state index in [4.69, 9.17) is 0 Å². The molecule has 1 atom stereocenters. The van der Waals surface area contributed by atoms with Crippen LogP contribution in [0.2, 0.25) is 0 Å². The first-order valence-electron chi connectivity index (χ1n) is 8.93. The molecule has 0 bridgehead atoms. The van der Waals surface area contributed by atoms with Crippen LogP contribution in [-0.4, -0.2) is 61.7 Å². The van der Waals surface area contributed by atoms with Crippen LogP contribution in [-0.2, 0) is 0 Å². The molecule has 1 N–H and O–H groups in total. The molecule has 2 fully saturated rings. The summed E-state index contributed by atoms with van der Waals surface area (Å²) in [7, 11) is 0. The Balaban J connectivity index is 1.41. The molecule has 2 aliphatic rings. The molecule has 0 radical (unpaired) electrons. The van der Waals surface area contributed by atoms with Gasteiger partial charge in [-0.15, -0.1) is 0 Å². The molecule has 3 heteroatoms. The van der Waals surface area contributed by atoms with E-state index in [2.05, 4.69) is 29.0 Å². The summed E-state index contributed by atoms with van der Waals surface area (Å²) in [5.41, 5.74) is 0. The number of hydrogen-bond donors (Lipinski definition) is 1. The highest BCUT2D eigenvalue weighted by atomic mass is 15.3. The van der Waals surface area contributed by atoms with Crippen molar-refractivity contribution >= 4 is 0 Å². The minimum absolute atomic E-state index is 0.782. The van der Waals surface area contributed by atoms with Crippen LogP contribution < -0.4 is 5.32 Å². The predicted molar refractivity (Wildman–Crippen MR) is 87.2 cm³/mol. The molecule has 0 saturated carbocycles. The maximum absolute atomic E-state index is 3.53. The Labute approximate surface area is 126 Å². The number of nitrogens with one attached hydrogen (secondary N) is 1. The van der Waals surface area contributed by atoms with E-state index in [1.165, 1.54) is 84.3 Å². The van der Waals surface area contributed by atoms with E-state index in [0.717, 1.165) is 12.0 Å². The van der Waals surface area contributed by atoms with Gasteiger partial charge < -0.3 is 10.2 Å². The molecule has 0 aromatic heterocycles. The first-order valence-corrected chi connectivity index (χ1v) is 8.93. The second kappa shape index (κ2) is 9.01. The molecule has 0 aromatic carbocycles. The fourth-order valence-corrected chi connectivity index (χ4v) is 3.59. The molecule has 20 heavy (non-hydrogen) atoms. The van der Waals surface area contributed by atoms with Gasteiger partial charge in [0.1, 0.15) is 0 Å². The van der Waals surface area contributed by atoms with Gasteiger partial charge in [0.25, 0.3) is 0 Å². The average Bonchev–Trinajstić information content (AvgIpc) is 2.89. The highest BCUT2D eigenvalue weighted by Crippen LogP contribution is 2.21. The van der Waals surface area contributed by atoms with E-state index in [1.54, 1.807) is 0 Å². The highest BCUT2D eigenvalue weighted by Gasteiger charge is 2.29. The molecule has 1 unspecified atom stereocenters. The van der Waals surface area contributed by atoms with Gasteiger partial charge >= 0.3 is 0 Å². The average molecular weight is 281 g/mol. The van der Waals surface area contributed by atoms with Crippen molar-refractivity contribution in [2.24, 2.45) is 5.92 Å². The van der Waals surface area contributed by atoms with Gasteiger partial charge in [-0.25, -0.2) is 0 Å². The molecule has 118 valence electrons. The van der Waals surface area contributed by atoms with E-state index >= 15 is 0 Å². The molecule has 3 nitrogen and oxygen atoms in total. The summed E-state index contributed by atoms with van der Waals surface area (Å²) < 4.78 is 0. The van der Waals surface area contributed by atoms with Crippen molar-refractivity contribution in [1.29, 1.82) is 0 Å². The third-order valence-corrected chi connectivity index (χ3v) is 4.80. The van der Waals surface area contributed by atoms with E-state index in [1.807, 2.05) is 0 Å². The second-order valence-electron chi connectivity index (χ2n) is 7.14. The summed E-state index contributed by atoms with van der Waals surface area (Å²) in [5, 5.41) is 3.53. The molecule has 0 aliphatic carbocycles. The zero-order valence-electron chi connectivity index (χ0n) is 13.7. The van der Waals surface area contributed by atoms with Crippen LogP contribution in [0.15, 0.2) is 0 Å². The topological polar surface area (TPSA) is 18.5 Å². The number of hydrogen-bond acceptors (Lipinski definition) is 3. The zero-order valence-corrected chi connectivity index (χ0v) is 13.7. The monoisotopic (exact) mass is 281 g/mol. The number of rotatable bonds is 9. The van der Waals surface area contributed by atoms with E-state index in [0.29, 0.717) is 0 Å². The van der Waals surface area contributed by atoms with Crippen molar-refractivity contribution in [1.82, 2.24) is 15.1 Å². The minimum Gasteiger partial charge on any atom is -0.316 e. The summed E-state index contributed by atoms with van der Waals surface area (Å²) >= 11 is 0. The Morgan fingerprint density at radius 2 is 1.90 bits per heavy atom. The van der Waals surface area contributed by atoms with E-state index in [-0.39, 0.29) is 0 Å². The Bertz CT molecular complexity index is 255. The lowest BCUT2D eigenvalue weighted by atomic mass is 10.1. The van der Waals surface area contributed by atoms with Crippen LogP contribution in [0.5, 0.6) is 0 Å². The van der Waals surface area contributed by atoms with Gasteiger partial charge in [0.15, 0.2) is 0 Å². The minimum atomic E-state index is 0.782. The predicted octanol–water partition coefficient (Wildman–Crippen LogP) is 2.57. The van der Waals surface area contributed by atoms with E-state index in [9.17, 15) is 0 Å². The smallest absolute Gasteiger partial charge is 0.0224 e. The Morgan fingerprint density at radius 3 is 2.75 bits per heavy atom. The lowest BCUT2D eigenvalue weighted by molar-refractivity contribution is 0.103. The maximum atomic E-state index is 3.53. The summed E-state index contributed by atoms with van der Waals surface area (Å²) in [6, 6.07) is 0.893. The standard InChI is InChI=1S/C17H35N3/c1-16(2)14-18-9-5-3-4-6-10-19-12-13-20-11-7-8-17(20)15-19/h16-18H,3-15H2,1-2H3. The van der Waals surface area contributed by atoms with Crippen molar-refractivity contribution in [2.45, 2.75) is 58.4 Å². The SMILES string of the molecule is CC(C)CNCCCCCCN1CCN2CCCC2C1. The molecule has 2 heterocycles. The van der Waals surface area contributed by atoms with Crippen LogP contribution in [0.1, 0.15) is 52.4 Å². The fraction of sp³-hybridized carbons (Fsp3) is 1.00. The van der Waals surface area contributed by atoms with Crippen LogP contribution >= 0.6 is 0 Å². The number of fused-ring (bicyclic) bond motifs is 1. The lowest BCUT2D eigenvalue weighted by Crippen LogP contribution is -2.50. The Hall–Kier alpha value is -0.120. The Kier molecular flexibility index (Phi) is 7.32. The van der Waals surface area contributed by atoms with Gasteiger partial charge in [-0.3, -0.25) is 4.90 Å². The van der Waals surface area contributed by atoms with Gasteiger partial charge in [0.05, 0.1) is 0 Å². The number of nitrogens with zero attached hydrogens (tertiary/aromatic N) is 2. The fourth-order valence-electron chi connectivity index (χ4n) is 3.59. The third-order valence-electron chi connectivity index (χ3n) is 4.80. The molecular weight excluding hydrogens is 246 g/mol. The second-order valence-corrected chi connectivity index (χ2v) is 7.14. The van der Waals surface area contributed by atoms with Crippen LogP contribution in [0.4, 0.5) is 0 Å². The quantitative estimate of drug-likeness (QED) is 0.655. The van der Waals surface area contributed by atoms with Crippen LogP contribution in [0, 0.1) is 5.92 Å². The molecule has 2 saturated heterocycles. The van der Waals surface area contributed by atoms with Gasteiger partial charge in [0, 0.05) is 25.7 Å². The highest BCUT2D eigenvalue weighted by molar-refractivity contribution is 4.86. The largest absolute Gasteiger partial charge is 0.316 e. The van der Waals surface area contributed by atoms with Crippen LogP contribution in [0.3, 0.4) is 0 Å². The van der Waals surface area contributed by atoms with Crippen LogP contribution in [0.25, 0.3) is 0 Å². The number of piperazine rings is 1. The van der Waals surface area contributed by atoms with Crippen molar-refractivity contribution in [3.05, 3.63) is 0 Å². The summed E-state index contributed by atoms with van der Waals surface area (Å²) in [6.07, 6.45) is 8.43. The first kappa shape index (κ1) is 16.3. The zero-order chi connectivity index (χ0) is 14.2. The van der Waals surface area contributed by atoms with Crippen molar-refractivity contribution in [2.75, 3.05) is 45.8 Å². The van der Waals surface area contributed by atoms with Crippen molar-refractivity contribution in [3.8, 4) is 0 Å². The Morgan fingerprint density at radius 1 is 1.05 bits per heavy atom. The summed E-state index contributed by atoms with van der Waals surface area (Å²) in [4.78, 5) is 5.42. The molecule has 0 amide bonds. The van der Waals surface area contributed by atoms with Gasteiger partial charge in [-0.05, 0) is 57.8 Å². The van der Waals surface area contributed by atoms with Crippen molar-refractivity contribution in [3.63, 3.8) is 0 Å². The van der Waals surface area contributed by atoms with Gasteiger partial charge in [0.2, 0.25) is 0 Å². The maximum Gasteiger partial charge on any atom is 0.0224 e. The summed E-state index contributed by atoms with van der Waals surface area (Å²) in [6.45, 7) is 13.6. The van der Waals surface area contributed by atoms with Crippen molar-refractivity contribution < 1.29 is 0 Å². The van der Waals surface area contributed by atoms with Gasteiger partial charge in [-0.2, -0.15) is 0 Å². The van der Waals surface area contributed by atoms with E-state index < -0.39 is 0 Å². The molecular formula is C17H35N3. The molecule has 0 aromatic rings. The number of unbranched alkanes of at least 4 members (excludes halogenated alkanes) is 3. The lowest BCUT2D eigenvalue weighted by Gasteiger charge is -2.37.